The van der Waals surface area contributed by atoms with Crippen LogP contribution in [0.4, 0.5) is 18.0 Å². The van der Waals surface area contributed by atoms with E-state index in [4.69, 9.17) is 4.74 Å². The number of urea groups is 1. The van der Waals surface area contributed by atoms with Gasteiger partial charge in [-0.15, -0.1) is 11.8 Å². The Balaban J connectivity index is 1.67. The Kier molecular flexibility index (Phi) is 9.29. The van der Waals surface area contributed by atoms with E-state index < -0.39 is 38.5 Å². The third-order valence-electron chi connectivity index (χ3n) is 5.68. The minimum absolute atomic E-state index is 0.0413. The van der Waals surface area contributed by atoms with E-state index in [1.54, 1.807) is 17.9 Å². The first-order valence-electron chi connectivity index (χ1n) is 11.4. The van der Waals surface area contributed by atoms with Gasteiger partial charge in [-0.25, -0.2) is 13.2 Å². The molecule has 0 bridgehead atoms. The van der Waals surface area contributed by atoms with Gasteiger partial charge in [0.1, 0.15) is 6.54 Å². The summed E-state index contributed by atoms with van der Waals surface area (Å²) in [4.78, 5) is 24.0. The summed E-state index contributed by atoms with van der Waals surface area (Å²) in [6.07, 6.45) is -3.71. The number of alkyl halides is 3. The van der Waals surface area contributed by atoms with E-state index >= 15 is 0 Å². The number of esters is 1. The number of halogens is 3. The van der Waals surface area contributed by atoms with E-state index in [1.165, 1.54) is 36.4 Å². The standard InChI is InChI=1S/C24H27F3N2O5S2/c1-2-34-21(30)15-28-23(31)29-13-11-17(12-14-29)16-35-19-9-6-10-20(22(19)24(25,26)27)36(32,33)18-7-4-3-5-8-18/h3-10,17H,2,11-16H2,1H3,(H,28,31). The number of thioether (sulfide) groups is 1. The largest absolute Gasteiger partial charge is 0.465 e. The average molecular weight is 545 g/mol. The first kappa shape index (κ1) is 27.9. The molecule has 1 saturated heterocycles. The molecule has 0 aliphatic carbocycles. The van der Waals surface area contributed by atoms with Crippen molar-refractivity contribution in [3.05, 3.63) is 54.1 Å². The highest BCUT2D eigenvalue weighted by atomic mass is 32.2. The molecule has 0 aromatic heterocycles. The predicted molar refractivity (Wildman–Crippen MR) is 128 cm³/mol. The monoisotopic (exact) mass is 544 g/mol. The molecule has 0 atom stereocenters. The molecule has 1 heterocycles. The number of rotatable bonds is 8. The van der Waals surface area contributed by atoms with Gasteiger partial charge in [0.15, 0.2) is 0 Å². The van der Waals surface area contributed by atoms with Crippen LogP contribution in [0, 0.1) is 5.92 Å². The highest BCUT2D eigenvalue weighted by Crippen LogP contribution is 2.43. The maximum absolute atomic E-state index is 14.1. The summed E-state index contributed by atoms with van der Waals surface area (Å²) in [5.41, 5.74) is -1.16. The van der Waals surface area contributed by atoms with E-state index in [2.05, 4.69) is 5.32 Å². The van der Waals surface area contributed by atoms with Crippen molar-refractivity contribution in [2.45, 2.75) is 40.6 Å². The fourth-order valence-corrected chi connectivity index (χ4v) is 6.72. The molecule has 2 amide bonds. The molecule has 0 radical (unpaired) electrons. The fourth-order valence-electron chi connectivity index (χ4n) is 3.84. The lowest BCUT2D eigenvalue weighted by Gasteiger charge is -2.32. The molecular weight excluding hydrogens is 517 g/mol. The van der Waals surface area contributed by atoms with Crippen molar-refractivity contribution in [3.8, 4) is 0 Å². The van der Waals surface area contributed by atoms with Crippen molar-refractivity contribution < 1.29 is 35.9 Å². The molecule has 0 saturated carbocycles. The lowest BCUT2D eigenvalue weighted by atomic mass is 9.99. The number of nitrogens with zero attached hydrogens (tertiary/aromatic N) is 1. The van der Waals surface area contributed by atoms with E-state index in [0.29, 0.717) is 31.7 Å². The number of hydrogen-bond donors (Lipinski definition) is 1. The maximum atomic E-state index is 14.1. The zero-order valence-electron chi connectivity index (χ0n) is 19.6. The molecule has 1 aliphatic heterocycles. The number of amides is 2. The van der Waals surface area contributed by atoms with Gasteiger partial charge in [0.05, 0.1) is 22.0 Å². The lowest BCUT2D eigenvalue weighted by molar-refractivity contribution is -0.142. The summed E-state index contributed by atoms with van der Waals surface area (Å²) in [7, 11) is -4.37. The number of sulfone groups is 1. The smallest absolute Gasteiger partial charge is 0.418 e. The molecule has 7 nitrogen and oxygen atoms in total. The second-order valence-electron chi connectivity index (χ2n) is 8.15. The van der Waals surface area contributed by atoms with Crippen molar-refractivity contribution in [3.63, 3.8) is 0 Å². The van der Waals surface area contributed by atoms with Gasteiger partial charge in [-0.3, -0.25) is 4.79 Å². The summed E-state index contributed by atoms with van der Waals surface area (Å²) in [5.74, 6) is -0.148. The average Bonchev–Trinajstić information content (AvgIpc) is 2.86. The van der Waals surface area contributed by atoms with Crippen molar-refractivity contribution >= 4 is 33.6 Å². The van der Waals surface area contributed by atoms with Gasteiger partial charge in [-0.05, 0) is 49.9 Å². The number of ether oxygens (including phenoxy) is 1. The van der Waals surface area contributed by atoms with Gasteiger partial charge < -0.3 is 15.0 Å². The van der Waals surface area contributed by atoms with Crippen LogP contribution in [0.15, 0.2) is 63.2 Å². The van der Waals surface area contributed by atoms with Crippen molar-refractivity contribution in [1.29, 1.82) is 0 Å². The molecule has 2 aromatic carbocycles. The zero-order chi connectivity index (χ0) is 26.3. The predicted octanol–water partition coefficient (Wildman–Crippen LogP) is 4.62. The summed E-state index contributed by atoms with van der Waals surface area (Å²) in [6.45, 7) is 2.45. The van der Waals surface area contributed by atoms with Gasteiger partial charge >= 0.3 is 18.2 Å². The van der Waals surface area contributed by atoms with Gasteiger partial charge in [0, 0.05) is 23.7 Å². The molecular formula is C24H27F3N2O5S2. The van der Waals surface area contributed by atoms with Crippen molar-refractivity contribution in [1.82, 2.24) is 10.2 Å². The number of hydrogen-bond acceptors (Lipinski definition) is 6. The number of likely N-dealkylation sites (tertiary alicyclic amines) is 1. The molecule has 3 rings (SSSR count). The van der Waals surface area contributed by atoms with Crippen LogP contribution in [0.3, 0.4) is 0 Å². The molecule has 1 N–H and O–H groups in total. The Hall–Kier alpha value is -2.73. The highest BCUT2D eigenvalue weighted by molar-refractivity contribution is 7.99. The molecule has 2 aromatic rings. The van der Waals surface area contributed by atoms with Crippen LogP contribution in [0.2, 0.25) is 0 Å². The minimum Gasteiger partial charge on any atom is -0.465 e. The van der Waals surface area contributed by atoms with Gasteiger partial charge in [-0.1, -0.05) is 24.3 Å². The zero-order valence-corrected chi connectivity index (χ0v) is 21.2. The van der Waals surface area contributed by atoms with Gasteiger partial charge in [-0.2, -0.15) is 13.2 Å². The highest BCUT2D eigenvalue weighted by Gasteiger charge is 2.40. The first-order chi connectivity index (χ1) is 17.0. The lowest BCUT2D eigenvalue weighted by Crippen LogP contribution is -2.46. The summed E-state index contributed by atoms with van der Waals surface area (Å²) in [6, 6.07) is 10.3. The molecule has 0 unspecified atom stereocenters. The third-order valence-corrected chi connectivity index (χ3v) is 8.78. The van der Waals surface area contributed by atoms with E-state index in [-0.39, 0.29) is 28.9 Å². The van der Waals surface area contributed by atoms with Crippen LogP contribution in [-0.4, -0.2) is 57.3 Å². The number of nitrogens with one attached hydrogen (secondary N) is 1. The summed E-state index contributed by atoms with van der Waals surface area (Å²) in [5, 5.41) is 2.49. The van der Waals surface area contributed by atoms with Crippen LogP contribution in [-0.2, 0) is 25.5 Å². The Labute approximate surface area is 212 Å². The topological polar surface area (TPSA) is 92.8 Å². The SMILES string of the molecule is CCOC(=O)CNC(=O)N1CCC(CSc2cccc(S(=O)(=O)c3ccccc3)c2C(F)(F)F)CC1. The number of carbonyl (C=O) groups is 2. The molecule has 0 spiro atoms. The van der Waals surface area contributed by atoms with Crippen LogP contribution in [0.5, 0.6) is 0 Å². The molecule has 1 aliphatic rings. The summed E-state index contributed by atoms with van der Waals surface area (Å²) < 4.78 is 73.0. The van der Waals surface area contributed by atoms with Crippen LogP contribution >= 0.6 is 11.8 Å². The molecule has 1 fully saturated rings. The van der Waals surface area contributed by atoms with Gasteiger partial charge in [0.2, 0.25) is 9.84 Å². The number of benzene rings is 2. The Morgan fingerprint density at radius 1 is 1.08 bits per heavy atom. The fraction of sp³-hybridized carbons (Fsp3) is 0.417. The number of piperidine rings is 1. The Bertz CT molecular complexity index is 1170. The van der Waals surface area contributed by atoms with Crippen LogP contribution < -0.4 is 5.32 Å². The van der Waals surface area contributed by atoms with Crippen molar-refractivity contribution in [2.75, 3.05) is 32.0 Å². The first-order valence-corrected chi connectivity index (χ1v) is 13.8. The van der Waals surface area contributed by atoms with E-state index in [0.717, 1.165) is 17.8 Å². The maximum Gasteiger partial charge on any atom is 0.418 e. The Morgan fingerprint density at radius 2 is 1.75 bits per heavy atom. The summed E-state index contributed by atoms with van der Waals surface area (Å²) >= 11 is 0.970. The van der Waals surface area contributed by atoms with Gasteiger partial charge in [0.25, 0.3) is 0 Å². The van der Waals surface area contributed by atoms with E-state index in [9.17, 15) is 31.2 Å². The quantitative estimate of drug-likeness (QED) is 0.385. The second kappa shape index (κ2) is 12.0. The minimum atomic E-state index is -4.86. The number of carbonyl (C=O) groups excluding carboxylic acids is 2. The Morgan fingerprint density at radius 3 is 2.36 bits per heavy atom. The van der Waals surface area contributed by atoms with E-state index in [1.807, 2.05) is 0 Å². The molecule has 12 heteroatoms. The van der Waals surface area contributed by atoms with Crippen LogP contribution in [0.25, 0.3) is 0 Å². The molecule has 196 valence electrons. The third kappa shape index (κ3) is 6.94. The second-order valence-corrected chi connectivity index (χ2v) is 11.1. The van der Waals surface area contributed by atoms with Crippen LogP contribution in [0.1, 0.15) is 25.3 Å². The molecule has 36 heavy (non-hydrogen) atoms. The van der Waals surface area contributed by atoms with Crippen molar-refractivity contribution in [2.24, 2.45) is 5.92 Å². The normalized spacial score (nSPS) is 14.9.